The fourth-order valence-electron chi connectivity index (χ4n) is 5.16. The van der Waals surface area contributed by atoms with E-state index in [1.54, 1.807) is 24.3 Å². The second-order valence-electron chi connectivity index (χ2n) is 10.7. The molecule has 3 aromatic rings. The maximum absolute atomic E-state index is 13.5. The van der Waals surface area contributed by atoms with Crippen LogP contribution in [-0.4, -0.2) is 45.7 Å². The Morgan fingerprint density at radius 1 is 0.978 bits per heavy atom. The molecule has 0 saturated heterocycles. The number of nitro groups is 1. The smallest absolute Gasteiger partial charge is 0.423 e. The molecule has 0 bridgehead atoms. The topological polar surface area (TPSA) is 162 Å². The minimum Gasteiger partial charge on any atom is -0.479 e. The largest absolute Gasteiger partial charge is 0.479 e. The van der Waals surface area contributed by atoms with Gasteiger partial charge in [-0.25, -0.2) is 9.59 Å². The fraction of sp³-hybridized carbons (Fsp3) is 0.323. The normalized spacial score (nSPS) is 14.3. The first-order valence-corrected chi connectivity index (χ1v) is 14.2. The van der Waals surface area contributed by atoms with Gasteiger partial charge in [-0.1, -0.05) is 43.5 Å². The molecule has 0 spiro atoms. The number of benzene rings is 3. The van der Waals surface area contributed by atoms with E-state index in [-0.39, 0.29) is 17.8 Å². The lowest BCUT2D eigenvalue weighted by atomic mass is 9.84. The van der Waals surface area contributed by atoms with Crippen molar-refractivity contribution in [1.29, 1.82) is 0 Å². The summed E-state index contributed by atoms with van der Waals surface area (Å²) in [5, 5.41) is 34.0. The van der Waals surface area contributed by atoms with Crippen molar-refractivity contribution in [2.45, 2.75) is 56.8 Å². The first kappa shape index (κ1) is 32.9. The van der Waals surface area contributed by atoms with Gasteiger partial charge in [0.05, 0.1) is 18.0 Å². The Balaban J connectivity index is 1.58. The number of carboxylic acid groups (broad SMARTS) is 1. The lowest BCUT2D eigenvalue weighted by molar-refractivity contribution is -0.388. The Kier molecular flexibility index (Phi) is 10.4. The molecule has 4 N–H and O–H groups in total. The number of rotatable bonds is 10. The SMILES string of the molecule is O=C(NC[C@@H](O)C(=O)O)c1ccc(CN(C(=O)Nc2ccc([N+](=O)[O-])c(C(F)(F)F)c2)c2ccc(C3CCCCC3)cc2)cc1. The molecule has 3 amide bonds. The minimum atomic E-state index is -5.03. The number of aliphatic hydroxyl groups is 1. The van der Waals surface area contributed by atoms with Gasteiger partial charge in [0.15, 0.2) is 6.10 Å². The van der Waals surface area contributed by atoms with Crippen molar-refractivity contribution >= 4 is 35.0 Å². The van der Waals surface area contributed by atoms with E-state index >= 15 is 0 Å². The molecule has 45 heavy (non-hydrogen) atoms. The molecule has 0 aromatic heterocycles. The number of alkyl halides is 3. The number of halogens is 3. The van der Waals surface area contributed by atoms with Gasteiger partial charge in [-0.05, 0) is 66.3 Å². The average molecular weight is 629 g/mol. The van der Waals surface area contributed by atoms with Crippen molar-refractivity contribution in [1.82, 2.24) is 5.32 Å². The monoisotopic (exact) mass is 628 g/mol. The predicted molar refractivity (Wildman–Crippen MR) is 158 cm³/mol. The number of carbonyl (C=O) groups excluding carboxylic acids is 2. The molecule has 0 radical (unpaired) electrons. The van der Waals surface area contributed by atoms with Crippen LogP contribution in [0.5, 0.6) is 0 Å². The molecule has 4 rings (SSSR count). The molecule has 11 nitrogen and oxygen atoms in total. The van der Waals surface area contributed by atoms with Gasteiger partial charge in [-0.15, -0.1) is 0 Å². The highest BCUT2D eigenvalue weighted by molar-refractivity contribution is 6.02. The summed E-state index contributed by atoms with van der Waals surface area (Å²) < 4.78 is 40.6. The van der Waals surface area contributed by atoms with Crippen LogP contribution < -0.4 is 15.5 Å². The van der Waals surface area contributed by atoms with Crippen molar-refractivity contribution in [3.63, 3.8) is 0 Å². The summed E-state index contributed by atoms with van der Waals surface area (Å²) in [4.78, 5) is 47.9. The summed E-state index contributed by atoms with van der Waals surface area (Å²) >= 11 is 0. The lowest BCUT2D eigenvalue weighted by Gasteiger charge is -2.26. The van der Waals surface area contributed by atoms with Gasteiger partial charge >= 0.3 is 18.2 Å². The number of nitrogens with one attached hydrogen (secondary N) is 2. The number of carboxylic acids is 1. The summed E-state index contributed by atoms with van der Waals surface area (Å²) in [6.07, 6.45) is -1.24. The van der Waals surface area contributed by atoms with E-state index < -0.39 is 52.9 Å². The van der Waals surface area contributed by atoms with E-state index in [0.29, 0.717) is 29.3 Å². The summed E-state index contributed by atoms with van der Waals surface area (Å²) in [5.41, 5.74) is -0.673. The van der Waals surface area contributed by atoms with Crippen molar-refractivity contribution in [3.8, 4) is 0 Å². The number of aliphatic hydroxyl groups excluding tert-OH is 1. The zero-order valence-electron chi connectivity index (χ0n) is 23.9. The zero-order chi connectivity index (χ0) is 32.7. The zero-order valence-corrected chi connectivity index (χ0v) is 23.9. The molecule has 1 aliphatic carbocycles. The number of nitrogens with zero attached hydrogens (tertiary/aromatic N) is 2. The third kappa shape index (κ3) is 8.56. The number of urea groups is 1. The van der Waals surface area contributed by atoms with Gasteiger partial charge in [0, 0.05) is 23.0 Å². The van der Waals surface area contributed by atoms with E-state index in [1.165, 1.54) is 23.5 Å². The highest BCUT2D eigenvalue weighted by Gasteiger charge is 2.38. The highest BCUT2D eigenvalue weighted by atomic mass is 19.4. The number of nitro benzene ring substituents is 1. The van der Waals surface area contributed by atoms with Crippen molar-refractivity contribution in [2.75, 3.05) is 16.8 Å². The molecule has 238 valence electrons. The number of hydrogen-bond acceptors (Lipinski definition) is 6. The van der Waals surface area contributed by atoms with Crippen LogP contribution in [0.3, 0.4) is 0 Å². The summed E-state index contributed by atoms with van der Waals surface area (Å²) in [7, 11) is 0. The third-order valence-electron chi connectivity index (χ3n) is 7.57. The average Bonchev–Trinajstić information content (AvgIpc) is 3.02. The first-order valence-electron chi connectivity index (χ1n) is 14.2. The van der Waals surface area contributed by atoms with E-state index in [1.807, 2.05) is 12.1 Å². The second-order valence-corrected chi connectivity index (χ2v) is 10.7. The Morgan fingerprint density at radius 2 is 1.62 bits per heavy atom. The van der Waals surface area contributed by atoms with Crippen LogP contribution in [-0.2, 0) is 17.5 Å². The van der Waals surface area contributed by atoms with E-state index in [0.717, 1.165) is 37.3 Å². The number of aliphatic carboxylic acids is 1. The predicted octanol–water partition coefficient (Wildman–Crippen LogP) is 6.08. The molecule has 1 aliphatic rings. The number of amides is 3. The van der Waals surface area contributed by atoms with E-state index in [2.05, 4.69) is 10.6 Å². The standard InChI is InChI=1S/C31H31F3N4O7/c32-31(33,34)25-16-23(12-15-26(25)38(44)45)36-30(43)37(24-13-10-21(11-14-24)20-4-2-1-3-5-20)18-19-6-8-22(9-7-19)28(40)35-17-27(39)29(41)42/h6-16,20,27,39H,1-5,17-18H2,(H,35,40)(H,36,43)(H,41,42)/t27-/m1/s1. The quantitative estimate of drug-likeness (QED) is 0.156. The number of hydrogen-bond donors (Lipinski definition) is 4. The van der Waals surface area contributed by atoms with Crippen LogP contribution in [0, 0.1) is 10.1 Å². The van der Waals surface area contributed by atoms with Gasteiger partial charge in [-0.2, -0.15) is 13.2 Å². The molecule has 0 aliphatic heterocycles. The molecule has 0 unspecified atom stereocenters. The molecule has 1 fully saturated rings. The first-order chi connectivity index (χ1) is 21.3. The van der Waals surface area contributed by atoms with E-state index in [4.69, 9.17) is 5.11 Å². The molecule has 1 atom stereocenters. The summed E-state index contributed by atoms with van der Waals surface area (Å²) in [6, 6.07) is 14.7. The third-order valence-corrected chi connectivity index (χ3v) is 7.57. The van der Waals surface area contributed by atoms with Crippen molar-refractivity contribution in [3.05, 3.63) is 99.1 Å². The molecule has 0 heterocycles. The molecular weight excluding hydrogens is 597 g/mol. The van der Waals surface area contributed by atoms with Crippen molar-refractivity contribution < 1.29 is 42.7 Å². The maximum Gasteiger partial charge on any atom is 0.423 e. The molecule has 1 saturated carbocycles. The van der Waals surface area contributed by atoms with Crippen LogP contribution in [0.25, 0.3) is 0 Å². The Bertz CT molecular complexity index is 1540. The maximum atomic E-state index is 13.5. The van der Waals surface area contributed by atoms with Crippen LogP contribution >= 0.6 is 0 Å². The summed E-state index contributed by atoms with van der Waals surface area (Å²) in [5.74, 6) is -1.72. The number of carbonyl (C=O) groups is 3. The van der Waals surface area contributed by atoms with Crippen LogP contribution in [0.2, 0.25) is 0 Å². The lowest BCUT2D eigenvalue weighted by Crippen LogP contribution is -2.36. The van der Waals surface area contributed by atoms with Gasteiger partial charge in [0.1, 0.15) is 5.56 Å². The Hall–Kier alpha value is -4.98. The second kappa shape index (κ2) is 14.2. The molecule has 14 heteroatoms. The van der Waals surface area contributed by atoms with Gasteiger partial charge in [0.2, 0.25) is 0 Å². The Labute approximate surface area is 255 Å². The fourth-order valence-corrected chi connectivity index (χ4v) is 5.16. The van der Waals surface area contributed by atoms with Crippen LogP contribution in [0.1, 0.15) is 65.1 Å². The highest BCUT2D eigenvalue weighted by Crippen LogP contribution is 2.38. The van der Waals surface area contributed by atoms with Gasteiger partial charge in [0.25, 0.3) is 11.6 Å². The van der Waals surface area contributed by atoms with E-state index in [9.17, 15) is 42.8 Å². The van der Waals surface area contributed by atoms with Crippen LogP contribution in [0.4, 0.5) is 35.0 Å². The molecule has 3 aromatic carbocycles. The number of anilines is 2. The van der Waals surface area contributed by atoms with Gasteiger partial charge in [-0.3, -0.25) is 19.8 Å². The molecular formula is C31H31F3N4O7. The van der Waals surface area contributed by atoms with Crippen molar-refractivity contribution in [2.24, 2.45) is 0 Å². The van der Waals surface area contributed by atoms with Crippen LogP contribution in [0.15, 0.2) is 66.7 Å². The summed E-state index contributed by atoms with van der Waals surface area (Å²) in [6.45, 7) is -0.563. The Morgan fingerprint density at radius 3 is 2.20 bits per heavy atom. The minimum absolute atomic E-state index is 0.0622. The van der Waals surface area contributed by atoms with Gasteiger partial charge < -0.3 is 20.8 Å².